The minimum Gasteiger partial charge on any atom is -0.398 e. The van der Waals surface area contributed by atoms with Crippen LogP contribution in [0.2, 0.25) is 0 Å². The van der Waals surface area contributed by atoms with Gasteiger partial charge in [-0.25, -0.2) is 0 Å². The van der Waals surface area contributed by atoms with Crippen molar-refractivity contribution in [2.75, 3.05) is 30.3 Å². The van der Waals surface area contributed by atoms with Gasteiger partial charge in [0.05, 0.1) is 6.10 Å². The lowest BCUT2D eigenvalue weighted by Crippen LogP contribution is -2.31. The van der Waals surface area contributed by atoms with Gasteiger partial charge in [0.1, 0.15) is 0 Å². The Balaban J connectivity index is 1.58. The summed E-state index contributed by atoms with van der Waals surface area (Å²) in [4.78, 5) is 2.50. The Morgan fingerprint density at radius 1 is 1.32 bits per heavy atom. The van der Waals surface area contributed by atoms with Gasteiger partial charge in [-0.3, -0.25) is 0 Å². The van der Waals surface area contributed by atoms with Crippen LogP contribution in [-0.2, 0) is 11.2 Å². The second-order valence-electron chi connectivity index (χ2n) is 5.71. The van der Waals surface area contributed by atoms with Crippen LogP contribution in [0.25, 0.3) is 0 Å². The molecule has 3 heteroatoms. The zero-order chi connectivity index (χ0) is 13.1. The summed E-state index contributed by atoms with van der Waals surface area (Å²) in [6, 6.07) is 6.32. The zero-order valence-corrected chi connectivity index (χ0v) is 11.6. The summed E-state index contributed by atoms with van der Waals surface area (Å²) in [7, 11) is 0. The predicted octanol–water partition coefficient (Wildman–Crippen LogP) is 2.98. The number of nitrogens with two attached hydrogens (primary N) is 1. The number of anilines is 2. The number of ether oxygens (including phenoxy) is 1. The summed E-state index contributed by atoms with van der Waals surface area (Å²) in [6.45, 7) is 3.27. The van der Waals surface area contributed by atoms with Crippen molar-refractivity contribution in [2.24, 2.45) is 0 Å². The van der Waals surface area contributed by atoms with E-state index in [9.17, 15) is 0 Å². The van der Waals surface area contributed by atoms with E-state index in [0.29, 0.717) is 6.10 Å². The maximum absolute atomic E-state index is 6.09. The molecule has 1 aromatic carbocycles. The Morgan fingerprint density at radius 3 is 3.11 bits per heavy atom. The highest BCUT2D eigenvalue weighted by molar-refractivity contribution is 5.66. The van der Waals surface area contributed by atoms with E-state index in [1.54, 1.807) is 0 Å². The Hall–Kier alpha value is -1.22. The topological polar surface area (TPSA) is 38.5 Å². The largest absolute Gasteiger partial charge is 0.398 e. The van der Waals surface area contributed by atoms with Gasteiger partial charge < -0.3 is 15.4 Å². The van der Waals surface area contributed by atoms with Crippen LogP contribution >= 0.6 is 0 Å². The third-order valence-corrected chi connectivity index (χ3v) is 4.36. The van der Waals surface area contributed by atoms with Crippen molar-refractivity contribution in [3.8, 4) is 0 Å². The lowest BCUT2D eigenvalue weighted by molar-refractivity contribution is 0.103. The average molecular weight is 260 g/mol. The molecule has 3 nitrogen and oxygen atoms in total. The fraction of sp³-hybridized carbons (Fsp3) is 0.625. The summed E-state index contributed by atoms with van der Waals surface area (Å²) in [5.74, 6) is 0. The molecule has 0 bridgehead atoms. The highest BCUT2D eigenvalue weighted by atomic mass is 16.5. The van der Waals surface area contributed by atoms with Crippen LogP contribution in [0, 0.1) is 0 Å². The summed E-state index contributed by atoms with van der Waals surface area (Å²) in [5.41, 5.74) is 9.76. The smallest absolute Gasteiger partial charge is 0.0576 e. The van der Waals surface area contributed by atoms with E-state index >= 15 is 0 Å². The van der Waals surface area contributed by atoms with Crippen LogP contribution in [0.1, 0.15) is 37.7 Å². The SMILES string of the molecule is Nc1cccc2c1CCCN2CCCC1CCCO1. The minimum atomic E-state index is 0.519. The molecule has 2 N–H and O–H groups in total. The van der Waals surface area contributed by atoms with Crippen molar-refractivity contribution >= 4 is 11.4 Å². The molecule has 104 valence electrons. The van der Waals surface area contributed by atoms with E-state index in [4.69, 9.17) is 10.5 Å². The average Bonchev–Trinajstić information content (AvgIpc) is 2.93. The summed E-state index contributed by atoms with van der Waals surface area (Å²) >= 11 is 0. The standard InChI is InChI=1S/C16H24N2O/c17-15-8-1-9-16-14(15)7-3-11-18(16)10-2-5-13-6-4-12-19-13/h1,8-9,13H,2-7,10-12,17H2. The number of fused-ring (bicyclic) bond motifs is 1. The van der Waals surface area contributed by atoms with Crippen LogP contribution in [0.5, 0.6) is 0 Å². The van der Waals surface area contributed by atoms with Gasteiger partial charge in [-0.15, -0.1) is 0 Å². The van der Waals surface area contributed by atoms with Crippen LogP contribution in [0.15, 0.2) is 18.2 Å². The van der Waals surface area contributed by atoms with E-state index in [-0.39, 0.29) is 0 Å². The quantitative estimate of drug-likeness (QED) is 0.846. The molecule has 2 aliphatic rings. The van der Waals surface area contributed by atoms with Gasteiger partial charge in [-0.2, -0.15) is 0 Å². The van der Waals surface area contributed by atoms with Crippen molar-refractivity contribution in [1.29, 1.82) is 0 Å². The van der Waals surface area contributed by atoms with Crippen molar-refractivity contribution in [2.45, 2.75) is 44.6 Å². The van der Waals surface area contributed by atoms with E-state index in [1.807, 2.05) is 6.07 Å². The number of benzene rings is 1. The van der Waals surface area contributed by atoms with E-state index in [0.717, 1.165) is 25.3 Å². The van der Waals surface area contributed by atoms with Crippen molar-refractivity contribution < 1.29 is 4.74 Å². The van der Waals surface area contributed by atoms with Crippen LogP contribution in [0.3, 0.4) is 0 Å². The monoisotopic (exact) mass is 260 g/mol. The van der Waals surface area contributed by atoms with E-state index < -0.39 is 0 Å². The first-order chi connectivity index (χ1) is 9.34. The number of rotatable bonds is 4. The van der Waals surface area contributed by atoms with Gasteiger partial charge in [0, 0.05) is 31.1 Å². The molecule has 1 unspecified atom stereocenters. The van der Waals surface area contributed by atoms with Crippen molar-refractivity contribution in [3.05, 3.63) is 23.8 Å². The zero-order valence-electron chi connectivity index (χ0n) is 11.6. The molecule has 0 amide bonds. The van der Waals surface area contributed by atoms with Gasteiger partial charge in [0.25, 0.3) is 0 Å². The third-order valence-electron chi connectivity index (χ3n) is 4.36. The number of hydrogen-bond donors (Lipinski definition) is 1. The Kier molecular flexibility index (Phi) is 3.92. The van der Waals surface area contributed by atoms with Crippen molar-refractivity contribution in [1.82, 2.24) is 0 Å². The number of nitrogens with zero attached hydrogens (tertiary/aromatic N) is 1. The second kappa shape index (κ2) is 5.83. The molecule has 2 heterocycles. The molecule has 1 atom stereocenters. The maximum atomic E-state index is 6.09. The van der Waals surface area contributed by atoms with Gasteiger partial charge in [-0.1, -0.05) is 6.07 Å². The van der Waals surface area contributed by atoms with E-state index in [1.165, 1.54) is 49.9 Å². The molecule has 2 aliphatic heterocycles. The first-order valence-electron chi connectivity index (χ1n) is 7.58. The first-order valence-corrected chi connectivity index (χ1v) is 7.58. The molecule has 0 aliphatic carbocycles. The van der Waals surface area contributed by atoms with Crippen molar-refractivity contribution in [3.63, 3.8) is 0 Å². The molecule has 0 spiro atoms. The molecule has 0 saturated carbocycles. The number of nitrogen functional groups attached to an aromatic ring is 1. The summed E-state index contributed by atoms with van der Waals surface area (Å²) in [5, 5.41) is 0. The molecule has 1 fully saturated rings. The van der Waals surface area contributed by atoms with Gasteiger partial charge in [-0.05, 0) is 56.2 Å². The van der Waals surface area contributed by atoms with Crippen LogP contribution in [-0.4, -0.2) is 25.8 Å². The van der Waals surface area contributed by atoms with Gasteiger partial charge in [0.2, 0.25) is 0 Å². The van der Waals surface area contributed by atoms with Gasteiger partial charge >= 0.3 is 0 Å². The first kappa shape index (κ1) is 12.8. The summed E-state index contributed by atoms with van der Waals surface area (Å²) in [6.07, 6.45) is 7.79. The molecule has 1 aromatic rings. The number of hydrogen-bond acceptors (Lipinski definition) is 3. The minimum absolute atomic E-state index is 0.519. The molecule has 3 rings (SSSR count). The fourth-order valence-corrected chi connectivity index (χ4v) is 3.34. The molecule has 19 heavy (non-hydrogen) atoms. The normalized spacial score (nSPS) is 22.5. The Bertz CT molecular complexity index is 427. The second-order valence-corrected chi connectivity index (χ2v) is 5.71. The third kappa shape index (κ3) is 2.86. The molecule has 0 radical (unpaired) electrons. The summed E-state index contributed by atoms with van der Waals surface area (Å²) < 4.78 is 5.69. The molecule has 1 saturated heterocycles. The predicted molar refractivity (Wildman–Crippen MR) is 79.6 cm³/mol. The molecular formula is C16H24N2O. The Morgan fingerprint density at radius 2 is 2.26 bits per heavy atom. The van der Waals surface area contributed by atoms with E-state index in [2.05, 4.69) is 17.0 Å². The Labute approximate surface area is 115 Å². The maximum Gasteiger partial charge on any atom is 0.0576 e. The molecular weight excluding hydrogens is 236 g/mol. The fourth-order valence-electron chi connectivity index (χ4n) is 3.34. The lowest BCUT2D eigenvalue weighted by Gasteiger charge is -2.32. The lowest BCUT2D eigenvalue weighted by atomic mass is 9.99. The van der Waals surface area contributed by atoms with Crippen LogP contribution in [0.4, 0.5) is 11.4 Å². The van der Waals surface area contributed by atoms with Crippen LogP contribution < -0.4 is 10.6 Å². The molecule has 0 aromatic heterocycles. The highest BCUT2D eigenvalue weighted by Gasteiger charge is 2.19. The highest BCUT2D eigenvalue weighted by Crippen LogP contribution is 2.31. The van der Waals surface area contributed by atoms with Gasteiger partial charge in [0.15, 0.2) is 0 Å².